The molecule has 0 bridgehead atoms. The Morgan fingerprint density at radius 2 is 1.86 bits per heavy atom. The van der Waals surface area contributed by atoms with Gasteiger partial charge in [0.2, 0.25) is 11.0 Å². The van der Waals surface area contributed by atoms with Crippen molar-refractivity contribution in [2.45, 2.75) is 24.2 Å². The Morgan fingerprint density at radius 3 is 2.50 bits per heavy atom. The van der Waals surface area contributed by atoms with Gasteiger partial charge < -0.3 is 15.1 Å². The molecule has 0 spiro atoms. The molecule has 1 aliphatic heterocycles. The minimum absolute atomic E-state index is 0.0235. The van der Waals surface area contributed by atoms with Gasteiger partial charge in [-0.15, -0.1) is 10.2 Å². The second-order valence-corrected chi connectivity index (χ2v) is 8.83. The van der Waals surface area contributed by atoms with Crippen LogP contribution in [0.25, 0.3) is 0 Å². The number of hydrogen-bond donors (Lipinski definition) is 1. The molecule has 10 heteroatoms. The maximum atomic E-state index is 13.0. The first-order chi connectivity index (χ1) is 13.4. The summed E-state index contributed by atoms with van der Waals surface area (Å²) in [5.74, 6) is -0.158. The molecule has 0 saturated carbocycles. The fraction of sp³-hybridized carbons (Fsp3) is 0.444. The van der Waals surface area contributed by atoms with Crippen molar-refractivity contribution >= 4 is 40.0 Å². The van der Waals surface area contributed by atoms with E-state index in [0.717, 1.165) is 9.47 Å². The van der Waals surface area contributed by atoms with E-state index in [2.05, 4.69) is 20.4 Å². The van der Waals surface area contributed by atoms with E-state index in [0.29, 0.717) is 37.5 Å². The Balaban J connectivity index is 1.50. The van der Waals surface area contributed by atoms with E-state index in [1.807, 2.05) is 13.8 Å². The van der Waals surface area contributed by atoms with E-state index in [4.69, 9.17) is 0 Å². The van der Waals surface area contributed by atoms with Crippen LogP contribution in [0.2, 0.25) is 0 Å². The highest BCUT2D eigenvalue weighted by Crippen LogP contribution is 2.28. The molecule has 2 amide bonds. The highest BCUT2D eigenvalue weighted by atomic mass is 32.2. The lowest BCUT2D eigenvalue weighted by Crippen LogP contribution is -2.48. The van der Waals surface area contributed by atoms with Gasteiger partial charge in [-0.1, -0.05) is 23.1 Å². The van der Waals surface area contributed by atoms with Crippen LogP contribution in [0.3, 0.4) is 0 Å². The maximum Gasteiger partial charge on any atom is 0.253 e. The molecule has 28 heavy (non-hydrogen) atoms. The van der Waals surface area contributed by atoms with Crippen molar-refractivity contribution in [2.75, 3.05) is 36.8 Å². The van der Waals surface area contributed by atoms with Crippen molar-refractivity contribution in [3.63, 3.8) is 0 Å². The Kier molecular flexibility index (Phi) is 6.84. The second-order valence-electron chi connectivity index (χ2n) is 6.65. The number of benzene rings is 1. The van der Waals surface area contributed by atoms with Gasteiger partial charge in [0.1, 0.15) is 5.82 Å². The van der Waals surface area contributed by atoms with E-state index in [9.17, 15) is 14.0 Å². The quantitative estimate of drug-likeness (QED) is 0.718. The maximum absolute atomic E-state index is 13.0. The van der Waals surface area contributed by atoms with E-state index in [1.54, 1.807) is 4.90 Å². The summed E-state index contributed by atoms with van der Waals surface area (Å²) in [6, 6.07) is 5.73. The molecule has 2 heterocycles. The fourth-order valence-electron chi connectivity index (χ4n) is 2.76. The number of carbonyl (C=O) groups excluding carboxylic acids is 2. The number of anilines is 1. The summed E-state index contributed by atoms with van der Waals surface area (Å²) in [6.07, 6.45) is 0. The van der Waals surface area contributed by atoms with Gasteiger partial charge in [0, 0.05) is 37.8 Å². The molecule has 2 aromatic rings. The molecule has 0 aliphatic carbocycles. The highest BCUT2D eigenvalue weighted by molar-refractivity contribution is 8.01. The summed E-state index contributed by atoms with van der Waals surface area (Å²) in [5, 5.41) is 12.0. The molecule has 1 N–H and O–H groups in total. The first-order valence-corrected chi connectivity index (χ1v) is 10.8. The standard InChI is InChI=1S/C18H22FN5O2S2/c1-12(2)20-15(25)11-27-18-22-21-17(28-18)24-9-7-23(8-10-24)16(26)13-3-5-14(19)6-4-13/h3-6,12H,7-11H2,1-2H3,(H,20,25). The van der Waals surface area contributed by atoms with Crippen molar-refractivity contribution in [1.29, 1.82) is 0 Å². The molecule has 1 aromatic heterocycles. The Hall–Kier alpha value is -2.20. The third-order valence-corrected chi connectivity index (χ3v) is 6.22. The number of rotatable bonds is 6. The molecule has 1 aliphatic rings. The number of hydrogen-bond acceptors (Lipinski definition) is 7. The zero-order valence-electron chi connectivity index (χ0n) is 15.7. The lowest BCUT2D eigenvalue weighted by molar-refractivity contribution is -0.119. The minimum atomic E-state index is -0.354. The van der Waals surface area contributed by atoms with Gasteiger partial charge in [-0.2, -0.15) is 0 Å². The van der Waals surface area contributed by atoms with Gasteiger partial charge in [-0.25, -0.2) is 4.39 Å². The van der Waals surface area contributed by atoms with Crippen LogP contribution in [0.4, 0.5) is 9.52 Å². The monoisotopic (exact) mass is 423 g/mol. The van der Waals surface area contributed by atoms with E-state index in [-0.39, 0.29) is 23.7 Å². The van der Waals surface area contributed by atoms with Gasteiger partial charge >= 0.3 is 0 Å². The van der Waals surface area contributed by atoms with Crippen LogP contribution in [-0.2, 0) is 4.79 Å². The average Bonchev–Trinajstić information content (AvgIpc) is 3.15. The number of thioether (sulfide) groups is 1. The molecule has 1 aromatic carbocycles. The lowest BCUT2D eigenvalue weighted by atomic mass is 10.2. The van der Waals surface area contributed by atoms with Crippen LogP contribution in [0.5, 0.6) is 0 Å². The Bertz CT molecular complexity index is 820. The molecular formula is C18H22FN5O2S2. The van der Waals surface area contributed by atoms with E-state index >= 15 is 0 Å². The van der Waals surface area contributed by atoms with Gasteiger partial charge in [-0.05, 0) is 38.1 Å². The summed E-state index contributed by atoms with van der Waals surface area (Å²) < 4.78 is 13.8. The van der Waals surface area contributed by atoms with Crippen LogP contribution >= 0.6 is 23.1 Å². The third kappa shape index (κ3) is 5.41. The van der Waals surface area contributed by atoms with Gasteiger partial charge in [-0.3, -0.25) is 9.59 Å². The molecule has 150 valence electrons. The Labute approximate surface area is 171 Å². The van der Waals surface area contributed by atoms with Crippen LogP contribution in [0, 0.1) is 5.82 Å². The number of halogens is 1. The fourth-order valence-corrected chi connectivity index (χ4v) is 4.46. The number of nitrogens with one attached hydrogen (secondary N) is 1. The summed E-state index contributed by atoms with van der Waals surface area (Å²) in [4.78, 5) is 28.1. The van der Waals surface area contributed by atoms with Crippen LogP contribution in [0.1, 0.15) is 24.2 Å². The molecule has 0 radical (unpaired) electrons. The summed E-state index contributed by atoms with van der Waals surface area (Å²) in [6.45, 7) is 6.28. The number of nitrogens with zero attached hydrogens (tertiary/aromatic N) is 4. The van der Waals surface area contributed by atoms with E-state index in [1.165, 1.54) is 47.4 Å². The largest absolute Gasteiger partial charge is 0.353 e. The number of piperazine rings is 1. The zero-order chi connectivity index (χ0) is 20.1. The summed E-state index contributed by atoms with van der Waals surface area (Å²) >= 11 is 2.82. The van der Waals surface area contributed by atoms with Gasteiger partial charge in [0.15, 0.2) is 4.34 Å². The van der Waals surface area contributed by atoms with Crippen molar-refractivity contribution in [3.05, 3.63) is 35.6 Å². The summed E-state index contributed by atoms with van der Waals surface area (Å²) in [7, 11) is 0. The second kappa shape index (κ2) is 9.33. The topological polar surface area (TPSA) is 78.4 Å². The van der Waals surface area contributed by atoms with Gasteiger partial charge in [0.25, 0.3) is 5.91 Å². The van der Waals surface area contributed by atoms with Crippen LogP contribution < -0.4 is 10.2 Å². The SMILES string of the molecule is CC(C)NC(=O)CSc1nnc(N2CCN(C(=O)c3ccc(F)cc3)CC2)s1. The van der Waals surface area contributed by atoms with Crippen molar-refractivity contribution in [3.8, 4) is 0 Å². The molecule has 7 nitrogen and oxygen atoms in total. The normalized spacial score (nSPS) is 14.4. The predicted octanol–water partition coefficient (Wildman–Crippen LogP) is 2.26. The van der Waals surface area contributed by atoms with Gasteiger partial charge in [0.05, 0.1) is 5.75 Å². The van der Waals surface area contributed by atoms with Crippen molar-refractivity contribution in [2.24, 2.45) is 0 Å². The Morgan fingerprint density at radius 1 is 1.18 bits per heavy atom. The molecular weight excluding hydrogens is 401 g/mol. The predicted molar refractivity (Wildman–Crippen MR) is 108 cm³/mol. The lowest BCUT2D eigenvalue weighted by Gasteiger charge is -2.34. The highest BCUT2D eigenvalue weighted by Gasteiger charge is 2.24. The first kappa shape index (κ1) is 20.5. The number of amides is 2. The number of aromatic nitrogens is 2. The number of carbonyl (C=O) groups is 2. The molecule has 3 rings (SSSR count). The third-order valence-electron chi connectivity index (χ3n) is 4.10. The smallest absolute Gasteiger partial charge is 0.253 e. The summed E-state index contributed by atoms with van der Waals surface area (Å²) in [5.41, 5.74) is 0.490. The molecule has 1 saturated heterocycles. The zero-order valence-corrected chi connectivity index (χ0v) is 17.4. The van der Waals surface area contributed by atoms with E-state index < -0.39 is 0 Å². The van der Waals surface area contributed by atoms with Crippen molar-refractivity contribution in [1.82, 2.24) is 20.4 Å². The minimum Gasteiger partial charge on any atom is -0.353 e. The molecule has 0 atom stereocenters. The van der Waals surface area contributed by atoms with Crippen LogP contribution in [-0.4, -0.2) is 64.9 Å². The molecule has 0 unspecified atom stereocenters. The molecule has 1 fully saturated rings. The van der Waals surface area contributed by atoms with Crippen LogP contribution in [0.15, 0.2) is 28.6 Å². The average molecular weight is 424 g/mol. The van der Waals surface area contributed by atoms with Crippen molar-refractivity contribution < 1.29 is 14.0 Å². The first-order valence-electron chi connectivity index (χ1n) is 8.98.